The molecule has 0 N–H and O–H groups in total. The maximum Gasteiger partial charge on any atom is 0.160 e. The molecule has 0 saturated carbocycles. The van der Waals surface area contributed by atoms with Gasteiger partial charge >= 0.3 is 0 Å². The Morgan fingerprint density at radius 3 is 1.84 bits per heavy atom. The lowest BCUT2D eigenvalue weighted by Crippen LogP contribution is -2.14. The summed E-state index contributed by atoms with van der Waals surface area (Å²) < 4.78 is 0. The van der Waals surface area contributed by atoms with Crippen molar-refractivity contribution in [3.63, 3.8) is 0 Å². The van der Waals surface area contributed by atoms with E-state index in [9.17, 15) is 0 Å². The van der Waals surface area contributed by atoms with Crippen LogP contribution in [0.15, 0.2) is 164 Å². The van der Waals surface area contributed by atoms with Crippen LogP contribution < -0.4 is 0 Å². The molecule has 0 spiro atoms. The predicted molar refractivity (Wildman–Crippen MR) is 202 cm³/mol. The minimum atomic E-state index is -0.0172. The van der Waals surface area contributed by atoms with Crippen molar-refractivity contribution in [3.05, 3.63) is 175 Å². The van der Waals surface area contributed by atoms with E-state index in [1.165, 1.54) is 38.8 Å². The smallest absolute Gasteiger partial charge is 0.160 e. The van der Waals surface area contributed by atoms with Gasteiger partial charge < -0.3 is 0 Å². The van der Waals surface area contributed by atoms with E-state index < -0.39 is 0 Å². The van der Waals surface area contributed by atoms with E-state index in [0.29, 0.717) is 5.82 Å². The number of aromatic nitrogens is 3. The van der Waals surface area contributed by atoms with Gasteiger partial charge in [-0.15, -0.1) is 0 Å². The minimum absolute atomic E-state index is 0.0172. The summed E-state index contributed by atoms with van der Waals surface area (Å²) in [5, 5.41) is 2.37. The Hall–Kier alpha value is -6.19. The molecule has 3 nitrogen and oxygen atoms in total. The molecule has 49 heavy (non-hydrogen) atoms. The predicted octanol–water partition coefficient (Wildman–Crippen LogP) is 11.7. The fourth-order valence-electron chi connectivity index (χ4n) is 7.48. The lowest BCUT2D eigenvalue weighted by atomic mass is 9.82. The highest BCUT2D eigenvalue weighted by molar-refractivity contribution is 6.05. The summed E-state index contributed by atoms with van der Waals surface area (Å²) in [6.07, 6.45) is 3.69. The third-order valence-electron chi connectivity index (χ3n) is 10.0. The monoisotopic (exact) mass is 627 g/mol. The molecule has 0 radical (unpaired) electrons. The van der Waals surface area contributed by atoms with Gasteiger partial charge in [0.1, 0.15) is 0 Å². The molecule has 9 rings (SSSR count). The quantitative estimate of drug-likeness (QED) is 0.191. The Morgan fingerprint density at radius 1 is 0.408 bits per heavy atom. The molecule has 0 aliphatic heterocycles. The molecule has 2 aromatic heterocycles. The molecule has 0 amide bonds. The zero-order valence-electron chi connectivity index (χ0n) is 27.4. The van der Waals surface area contributed by atoms with Crippen LogP contribution in [0.25, 0.3) is 78.1 Å². The Balaban J connectivity index is 1.18. The van der Waals surface area contributed by atoms with E-state index in [-0.39, 0.29) is 5.41 Å². The van der Waals surface area contributed by atoms with Crippen LogP contribution in [0, 0.1) is 0 Å². The zero-order valence-corrected chi connectivity index (χ0v) is 27.4. The van der Waals surface area contributed by atoms with Crippen LogP contribution in [-0.2, 0) is 5.41 Å². The first-order valence-electron chi connectivity index (χ1n) is 16.8. The van der Waals surface area contributed by atoms with Crippen LogP contribution in [0.3, 0.4) is 0 Å². The van der Waals surface area contributed by atoms with E-state index in [2.05, 4.69) is 146 Å². The number of pyridine rings is 1. The largest absolute Gasteiger partial charge is 0.264 e. The molecule has 1 aliphatic carbocycles. The molecule has 0 bridgehead atoms. The SMILES string of the molecule is CC1(C)c2ccccc2-c2cc(-c3ccc(-c4cc(-c5ccc(-c6cccnc6)cc5)nc(-c5ccccc5)n4)c4ccccc34)ccc21. The molecular formula is C46H33N3. The van der Waals surface area contributed by atoms with Crippen molar-refractivity contribution in [1.29, 1.82) is 0 Å². The van der Waals surface area contributed by atoms with Crippen molar-refractivity contribution in [2.75, 3.05) is 0 Å². The van der Waals surface area contributed by atoms with E-state index in [0.717, 1.165) is 44.6 Å². The van der Waals surface area contributed by atoms with Crippen molar-refractivity contribution < 1.29 is 0 Å². The van der Waals surface area contributed by atoms with Crippen LogP contribution in [0.5, 0.6) is 0 Å². The molecule has 6 aromatic carbocycles. The number of rotatable bonds is 5. The number of nitrogens with zero attached hydrogens (tertiary/aromatic N) is 3. The van der Waals surface area contributed by atoms with Gasteiger partial charge in [-0.05, 0) is 73.5 Å². The van der Waals surface area contributed by atoms with Crippen LogP contribution in [0.2, 0.25) is 0 Å². The minimum Gasteiger partial charge on any atom is -0.264 e. The van der Waals surface area contributed by atoms with Crippen molar-refractivity contribution in [3.8, 4) is 67.3 Å². The molecule has 0 saturated heterocycles. The van der Waals surface area contributed by atoms with Crippen LogP contribution in [0.1, 0.15) is 25.0 Å². The third-order valence-corrected chi connectivity index (χ3v) is 10.0. The van der Waals surface area contributed by atoms with E-state index in [1.807, 2.05) is 30.5 Å². The van der Waals surface area contributed by atoms with Crippen LogP contribution in [0.4, 0.5) is 0 Å². The second-order valence-electron chi connectivity index (χ2n) is 13.3. The van der Waals surface area contributed by atoms with E-state index in [1.54, 1.807) is 6.20 Å². The molecule has 0 unspecified atom stereocenters. The Bertz CT molecular complexity index is 2500. The Kier molecular flexibility index (Phi) is 6.80. The topological polar surface area (TPSA) is 38.7 Å². The van der Waals surface area contributed by atoms with Gasteiger partial charge in [-0.2, -0.15) is 0 Å². The van der Waals surface area contributed by atoms with E-state index >= 15 is 0 Å². The standard InChI is InChI=1S/C46H33N3/c1-46(2)41-17-9-8-16-38(41)40-27-33(22-25-42(40)46)35-23-24-39(37-15-7-6-14-36(35)37)44-28-43(48-45(49-44)32-11-4-3-5-12-32)31-20-18-30(19-21-31)34-13-10-26-47-29-34/h3-29H,1-2H3. The van der Waals surface area contributed by atoms with Gasteiger partial charge in [0.2, 0.25) is 0 Å². The van der Waals surface area contributed by atoms with Gasteiger partial charge in [-0.1, -0.05) is 147 Å². The van der Waals surface area contributed by atoms with Crippen LogP contribution in [-0.4, -0.2) is 15.0 Å². The van der Waals surface area contributed by atoms with Crippen molar-refractivity contribution in [2.45, 2.75) is 19.3 Å². The highest BCUT2D eigenvalue weighted by Crippen LogP contribution is 2.50. The fraction of sp³-hybridized carbons (Fsp3) is 0.0652. The van der Waals surface area contributed by atoms with Gasteiger partial charge in [-0.3, -0.25) is 4.98 Å². The number of hydrogen-bond acceptors (Lipinski definition) is 3. The summed E-state index contributed by atoms with van der Waals surface area (Å²) in [6, 6.07) is 54.0. The Labute approximate surface area is 286 Å². The van der Waals surface area contributed by atoms with Gasteiger partial charge in [0.15, 0.2) is 5.82 Å². The first-order valence-corrected chi connectivity index (χ1v) is 16.8. The van der Waals surface area contributed by atoms with Gasteiger partial charge in [0.25, 0.3) is 0 Å². The number of benzene rings is 6. The number of hydrogen-bond donors (Lipinski definition) is 0. The third kappa shape index (κ3) is 4.94. The van der Waals surface area contributed by atoms with Crippen LogP contribution >= 0.6 is 0 Å². The van der Waals surface area contributed by atoms with E-state index in [4.69, 9.17) is 9.97 Å². The molecule has 232 valence electrons. The molecule has 2 heterocycles. The first kappa shape index (κ1) is 29.0. The first-order chi connectivity index (χ1) is 24.0. The highest BCUT2D eigenvalue weighted by Gasteiger charge is 2.35. The lowest BCUT2D eigenvalue weighted by molar-refractivity contribution is 0.660. The average Bonchev–Trinajstić information content (AvgIpc) is 3.40. The average molecular weight is 628 g/mol. The summed E-state index contributed by atoms with van der Waals surface area (Å²) >= 11 is 0. The molecule has 1 aliphatic rings. The lowest BCUT2D eigenvalue weighted by Gasteiger charge is -2.21. The molecule has 3 heteroatoms. The number of fused-ring (bicyclic) bond motifs is 4. The normalized spacial score (nSPS) is 12.9. The van der Waals surface area contributed by atoms with Gasteiger partial charge in [0, 0.05) is 34.5 Å². The molecule has 0 fully saturated rings. The second-order valence-corrected chi connectivity index (χ2v) is 13.3. The van der Waals surface area contributed by atoms with Crippen molar-refractivity contribution >= 4 is 10.8 Å². The summed E-state index contributed by atoms with van der Waals surface area (Å²) in [6.45, 7) is 4.66. The fourth-order valence-corrected chi connectivity index (χ4v) is 7.48. The Morgan fingerprint density at radius 2 is 1.04 bits per heavy atom. The molecule has 0 atom stereocenters. The second kappa shape index (κ2) is 11.5. The summed E-state index contributed by atoms with van der Waals surface area (Å²) in [5.41, 5.74) is 14.9. The summed E-state index contributed by atoms with van der Waals surface area (Å²) in [4.78, 5) is 14.6. The zero-order chi connectivity index (χ0) is 33.0. The summed E-state index contributed by atoms with van der Waals surface area (Å²) in [7, 11) is 0. The molecular weight excluding hydrogens is 595 g/mol. The highest BCUT2D eigenvalue weighted by atomic mass is 14.9. The van der Waals surface area contributed by atoms with Crippen molar-refractivity contribution in [2.24, 2.45) is 0 Å². The summed E-state index contributed by atoms with van der Waals surface area (Å²) in [5.74, 6) is 0.706. The molecule has 8 aromatic rings. The maximum atomic E-state index is 5.19. The van der Waals surface area contributed by atoms with Gasteiger partial charge in [0.05, 0.1) is 11.4 Å². The maximum absolute atomic E-state index is 5.19. The van der Waals surface area contributed by atoms with Gasteiger partial charge in [-0.25, -0.2) is 9.97 Å². The van der Waals surface area contributed by atoms with Crippen molar-refractivity contribution in [1.82, 2.24) is 15.0 Å².